The summed E-state index contributed by atoms with van der Waals surface area (Å²) < 4.78 is 26.3. The van der Waals surface area contributed by atoms with E-state index in [1.807, 2.05) is 31.2 Å². The van der Waals surface area contributed by atoms with Crippen molar-refractivity contribution >= 4 is 17.7 Å². The summed E-state index contributed by atoms with van der Waals surface area (Å²) >= 11 is 1.48. The number of rotatable bonds is 5. The second-order valence-corrected chi connectivity index (χ2v) is 6.43. The van der Waals surface area contributed by atoms with Crippen molar-refractivity contribution in [1.82, 2.24) is 4.90 Å². The summed E-state index contributed by atoms with van der Waals surface area (Å²) in [6.07, 6.45) is 0. The highest BCUT2D eigenvalue weighted by molar-refractivity contribution is 8.00. The molecule has 2 aromatic rings. The van der Waals surface area contributed by atoms with Crippen LogP contribution < -0.4 is 0 Å². The van der Waals surface area contributed by atoms with Crippen molar-refractivity contribution in [1.29, 1.82) is 0 Å². The summed E-state index contributed by atoms with van der Waals surface area (Å²) in [5.74, 6) is -1.54. The van der Waals surface area contributed by atoms with Crippen LogP contribution in [0.1, 0.15) is 24.1 Å². The standard InChI is InChI=1S/C18H19F2NOS/c1-12-6-4-5-7-17(12)23-11-18(22)21(3)13(2)14-8-9-15(19)16(20)10-14/h4-10,13H,11H2,1-3H3. The molecule has 0 aliphatic heterocycles. The van der Waals surface area contributed by atoms with Crippen LogP contribution in [0.25, 0.3) is 0 Å². The van der Waals surface area contributed by atoms with Gasteiger partial charge >= 0.3 is 0 Å². The smallest absolute Gasteiger partial charge is 0.233 e. The molecule has 1 unspecified atom stereocenters. The monoisotopic (exact) mass is 335 g/mol. The number of thioether (sulfide) groups is 1. The Morgan fingerprint density at radius 3 is 2.52 bits per heavy atom. The molecule has 23 heavy (non-hydrogen) atoms. The van der Waals surface area contributed by atoms with E-state index in [-0.39, 0.29) is 11.9 Å². The number of nitrogens with zero attached hydrogens (tertiary/aromatic N) is 1. The Kier molecular flexibility index (Phi) is 5.77. The van der Waals surface area contributed by atoms with Gasteiger partial charge in [-0.3, -0.25) is 4.79 Å². The van der Waals surface area contributed by atoms with Gasteiger partial charge in [0.2, 0.25) is 5.91 Å². The van der Waals surface area contributed by atoms with E-state index in [0.29, 0.717) is 11.3 Å². The zero-order chi connectivity index (χ0) is 17.0. The van der Waals surface area contributed by atoms with Gasteiger partial charge in [-0.15, -0.1) is 11.8 Å². The van der Waals surface area contributed by atoms with Crippen LogP contribution in [0.15, 0.2) is 47.4 Å². The Morgan fingerprint density at radius 1 is 1.17 bits per heavy atom. The number of hydrogen-bond acceptors (Lipinski definition) is 2. The molecule has 1 atom stereocenters. The average Bonchev–Trinajstić information content (AvgIpc) is 2.55. The number of halogens is 2. The summed E-state index contributed by atoms with van der Waals surface area (Å²) in [4.78, 5) is 14.9. The molecule has 0 saturated carbocycles. The molecule has 5 heteroatoms. The Labute approximate surface area is 139 Å². The number of hydrogen-bond donors (Lipinski definition) is 0. The second-order valence-electron chi connectivity index (χ2n) is 5.41. The van der Waals surface area contributed by atoms with Crippen molar-refractivity contribution in [3.8, 4) is 0 Å². The van der Waals surface area contributed by atoms with Crippen molar-refractivity contribution in [3.05, 3.63) is 65.2 Å². The maximum atomic E-state index is 13.3. The summed E-state index contributed by atoms with van der Waals surface area (Å²) in [6, 6.07) is 11.3. The lowest BCUT2D eigenvalue weighted by Gasteiger charge is -2.25. The minimum Gasteiger partial charge on any atom is -0.338 e. The van der Waals surface area contributed by atoms with Crippen LogP contribution in [0.3, 0.4) is 0 Å². The van der Waals surface area contributed by atoms with Crippen LogP contribution in [0.2, 0.25) is 0 Å². The Bertz CT molecular complexity index is 705. The predicted molar refractivity (Wildman–Crippen MR) is 89.4 cm³/mol. The molecule has 0 aliphatic carbocycles. The normalized spacial score (nSPS) is 12.0. The van der Waals surface area contributed by atoms with Gasteiger partial charge in [0, 0.05) is 11.9 Å². The van der Waals surface area contributed by atoms with Crippen LogP contribution in [0.4, 0.5) is 8.78 Å². The largest absolute Gasteiger partial charge is 0.338 e. The van der Waals surface area contributed by atoms with Gasteiger partial charge in [0.1, 0.15) is 0 Å². The van der Waals surface area contributed by atoms with E-state index in [1.54, 1.807) is 18.9 Å². The fraction of sp³-hybridized carbons (Fsp3) is 0.278. The molecule has 2 aromatic carbocycles. The molecule has 0 heterocycles. The molecular weight excluding hydrogens is 316 g/mol. The van der Waals surface area contributed by atoms with E-state index in [4.69, 9.17) is 0 Å². The molecular formula is C18H19F2NOS. The van der Waals surface area contributed by atoms with Gasteiger partial charge in [0.25, 0.3) is 0 Å². The fourth-order valence-corrected chi connectivity index (χ4v) is 3.12. The molecule has 0 radical (unpaired) electrons. The van der Waals surface area contributed by atoms with Gasteiger partial charge in [0.05, 0.1) is 11.8 Å². The predicted octanol–water partition coefficient (Wildman–Crippen LogP) is 4.58. The highest BCUT2D eigenvalue weighted by Gasteiger charge is 2.19. The lowest BCUT2D eigenvalue weighted by Crippen LogP contribution is -2.31. The lowest BCUT2D eigenvalue weighted by molar-refractivity contribution is -0.128. The van der Waals surface area contributed by atoms with Crippen LogP contribution >= 0.6 is 11.8 Å². The topological polar surface area (TPSA) is 20.3 Å². The minimum atomic E-state index is -0.899. The molecule has 1 amide bonds. The van der Waals surface area contributed by atoms with E-state index >= 15 is 0 Å². The van der Waals surface area contributed by atoms with Crippen LogP contribution in [-0.2, 0) is 4.79 Å². The summed E-state index contributed by atoms with van der Waals surface area (Å²) in [5, 5.41) is 0. The summed E-state index contributed by atoms with van der Waals surface area (Å²) in [6.45, 7) is 3.80. The second kappa shape index (κ2) is 7.59. The lowest BCUT2D eigenvalue weighted by atomic mass is 10.1. The van der Waals surface area contributed by atoms with Gasteiger partial charge in [-0.25, -0.2) is 8.78 Å². The molecule has 0 saturated heterocycles. The van der Waals surface area contributed by atoms with E-state index in [1.165, 1.54) is 17.8 Å². The third kappa shape index (κ3) is 4.32. The first-order valence-electron chi connectivity index (χ1n) is 7.29. The quantitative estimate of drug-likeness (QED) is 0.745. The fourth-order valence-electron chi connectivity index (χ4n) is 2.17. The average molecular weight is 335 g/mol. The van der Waals surface area contributed by atoms with Crippen molar-refractivity contribution in [2.75, 3.05) is 12.8 Å². The van der Waals surface area contributed by atoms with Crippen LogP contribution in [0, 0.1) is 18.6 Å². The van der Waals surface area contributed by atoms with E-state index in [9.17, 15) is 13.6 Å². The SMILES string of the molecule is Cc1ccccc1SCC(=O)N(C)C(C)c1ccc(F)c(F)c1. The molecule has 0 aliphatic rings. The van der Waals surface area contributed by atoms with Gasteiger partial charge in [-0.05, 0) is 43.2 Å². The zero-order valence-electron chi connectivity index (χ0n) is 13.3. The number of carbonyl (C=O) groups excluding carboxylic acids is 1. The number of carbonyl (C=O) groups is 1. The summed E-state index contributed by atoms with van der Waals surface area (Å²) in [5.41, 5.74) is 1.70. The molecule has 0 spiro atoms. The molecule has 2 nitrogen and oxygen atoms in total. The first-order chi connectivity index (χ1) is 10.9. The van der Waals surface area contributed by atoms with E-state index in [0.717, 1.165) is 22.6 Å². The Balaban J connectivity index is 2.01. The Hall–Kier alpha value is -1.88. The molecule has 2 rings (SSSR count). The Morgan fingerprint density at radius 2 is 1.87 bits per heavy atom. The maximum absolute atomic E-state index is 13.3. The van der Waals surface area contributed by atoms with Crippen molar-refractivity contribution in [2.24, 2.45) is 0 Å². The van der Waals surface area contributed by atoms with E-state index < -0.39 is 11.6 Å². The van der Waals surface area contributed by atoms with Gasteiger partial charge in [-0.2, -0.15) is 0 Å². The van der Waals surface area contributed by atoms with Crippen LogP contribution in [-0.4, -0.2) is 23.6 Å². The molecule has 0 aromatic heterocycles. The van der Waals surface area contributed by atoms with Gasteiger partial charge in [0.15, 0.2) is 11.6 Å². The zero-order valence-corrected chi connectivity index (χ0v) is 14.2. The summed E-state index contributed by atoms with van der Waals surface area (Å²) in [7, 11) is 1.67. The molecule has 0 fully saturated rings. The molecule has 0 N–H and O–H groups in total. The number of benzene rings is 2. The highest BCUT2D eigenvalue weighted by atomic mass is 32.2. The molecule has 0 bridgehead atoms. The highest BCUT2D eigenvalue weighted by Crippen LogP contribution is 2.25. The maximum Gasteiger partial charge on any atom is 0.233 e. The van der Waals surface area contributed by atoms with E-state index in [2.05, 4.69) is 0 Å². The molecule has 122 valence electrons. The van der Waals surface area contributed by atoms with Crippen molar-refractivity contribution in [2.45, 2.75) is 24.8 Å². The first-order valence-corrected chi connectivity index (χ1v) is 8.27. The van der Waals surface area contributed by atoms with Crippen LogP contribution in [0.5, 0.6) is 0 Å². The van der Waals surface area contributed by atoms with Gasteiger partial charge < -0.3 is 4.90 Å². The van der Waals surface area contributed by atoms with Gasteiger partial charge in [-0.1, -0.05) is 24.3 Å². The third-order valence-corrected chi connectivity index (χ3v) is 5.01. The number of amides is 1. The van der Waals surface area contributed by atoms with Crippen molar-refractivity contribution in [3.63, 3.8) is 0 Å². The first kappa shape index (κ1) is 17.5. The number of aryl methyl sites for hydroxylation is 1. The third-order valence-electron chi connectivity index (χ3n) is 3.85. The van der Waals surface area contributed by atoms with Crippen molar-refractivity contribution < 1.29 is 13.6 Å². The minimum absolute atomic E-state index is 0.0597.